The molecule has 2 aromatic rings. The van der Waals surface area contributed by atoms with Gasteiger partial charge in [-0.1, -0.05) is 13.8 Å². The standard InChI is InChI=1S/C18H26N4O/c1-12(2)16-11-15(21-22(16)18(4,5)6)17(23)20-13(3)14-7-9-19-10-8-14/h7-13H,1-6H3,(H,20,23). The zero-order valence-corrected chi connectivity index (χ0v) is 14.8. The van der Waals surface area contributed by atoms with E-state index in [4.69, 9.17) is 0 Å². The Labute approximate surface area is 138 Å². The number of hydrogen-bond donors (Lipinski definition) is 1. The molecule has 0 radical (unpaired) electrons. The highest BCUT2D eigenvalue weighted by atomic mass is 16.2. The second-order valence-electron chi connectivity index (χ2n) is 7.17. The largest absolute Gasteiger partial charge is 0.344 e. The number of nitrogens with zero attached hydrogens (tertiary/aromatic N) is 3. The highest BCUT2D eigenvalue weighted by Gasteiger charge is 2.24. The summed E-state index contributed by atoms with van der Waals surface area (Å²) in [5.74, 6) is 0.153. The van der Waals surface area contributed by atoms with Crippen molar-refractivity contribution in [3.05, 3.63) is 47.5 Å². The lowest BCUT2D eigenvalue weighted by molar-refractivity contribution is 0.0933. The van der Waals surface area contributed by atoms with E-state index in [1.165, 1.54) is 0 Å². The Kier molecular flexibility index (Phi) is 4.88. The van der Waals surface area contributed by atoms with Crippen molar-refractivity contribution in [3.63, 3.8) is 0 Å². The van der Waals surface area contributed by atoms with E-state index >= 15 is 0 Å². The number of carbonyl (C=O) groups excluding carboxylic acids is 1. The Morgan fingerprint density at radius 1 is 1.17 bits per heavy atom. The first kappa shape index (κ1) is 17.2. The van der Waals surface area contributed by atoms with Gasteiger partial charge in [-0.05, 0) is 57.4 Å². The van der Waals surface area contributed by atoms with Gasteiger partial charge in [0, 0.05) is 18.1 Å². The van der Waals surface area contributed by atoms with E-state index in [1.54, 1.807) is 12.4 Å². The van der Waals surface area contributed by atoms with Crippen molar-refractivity contribution in [1.29, 1.82) is 0 Å². The Bertz CT molecular complexity index is 668. The smallest absolute Gasteiger partial charge is 0.272 e. The van der Waals surface area contributed by atoms with Crippen molar-refractivity contribution in [2.45, 2.75) is 59.0 Å². The molecule has 5 heteroatoms. The van der Waals surface area contributed by atoms with Gasteiger partial charge in [0.1, 0.15) is 5.69 Å². The lowest BCUT2D eigenvalue weighted by Gasteiger charge is -2.23. The van der Waals surface area contributed by atoms with Crippen LogP contribution in [-0.2, 0) is 5.54 Å². The second kappa shape index (κ2) is 6.52. The van der Waals surface area contributed by atoms with Gasteiger partial charge in [0.25, 0.3) is 5.91 Å². The molecule has 124 valence electrons. The van der Waals surface area contributed by atoms with Gasteiger partial charge in [-0.3, -0.25) is 14.5 Å². The molecule has 2 rings (SSSR count). The minimum atomic E-state index is -0.158. The van der Waals surface area contributed by atoms with Gasteiger partial charge in [-0.2, -0.15) is 5.10 Å². The van der Waals surface area contributed by atoms with Gasteiger partial charge < -0.3 is 5.32 Å². The molecule has 0 aliphatic heterocycles. The number of nitrogens with one attached hydrogen (secondary N) is 1. The Hall–Kier alpha value is -2.17. The van der Waals surface area contributed by atoms with Crippen LogP contribution in [0.2, 0.25) is 0 Å². The maximum Gasteiger partial charge on any atom is 0.272 e. The maximum absolute atomic E-state index is 12.5. The predicted octanol–water partition coefficient (Wildman–Crippen LogP) is 3.65. The van der Waals surface area contributed by atoms with Crippen LogP contribution in [0.4, 0.5) is 0 Å². The van der Waals surface area contributed by atoms with Crippen LogP contribution in [0.25, 0.3) is 0 Å². The zero-order valence-electron chi connectivity index (χ0n) is 14.8. The lowest BCUT2D eigenvalue weighted by Crippen LogP contribution is -2.29. The summed E-state index contributed by atoms with van der Waals surface area (Å²) < 4.78 is 1.95. The summed E-state index contributed by atoms with van der Waals surface area (Å²) in [6, 6.07) is 5.61. The van der Waals surface area contributed by atoms with E-state index in [2.05, 4.69) is 50.0 Å². The molecule has 0 spiro atoms. The van der Waals surface area contributed by atoms with E-state index in [0.29, 0.717) is 11.6 Å². The van der Waals surface area contributed by atoms with Crippen molar-refractivity contribution >= 4 is 5.91 Å². The second-order valence-corrected chi connectivity index (χ2v) is 7.17. The molecule has 5 nitrogen and oxygen atoms in total. The van der Waals surface area contributed by atoms with Gasteiger partial charge in [-0.15, -0.1) is 0 Å². The molecule has 1 N–H and O–H groups in total. The van der Waals surface area contributed by atoms with Crippen molar-refractivity contribution in [3.8, 4) is 0 Å². The first-order valence-electron chi connectivity index (χ1n) is 8.01. The highest BCUT2D eigenvalue weighted by molar-refractivity contribution is 5.92. The van der Waals surface area contributed by atoms with Crippen molar-refractivity contribution in [1.82, 2.24) is 20.1 Å². The fourth-order valence-corrected chi connectivity index (χ4v) is 2.46. The van der Waals surface area contributed by atoms with Crippen LogP contribution < -0.4 is 5.32 Å². The number of rotatable bonds is 4. The first-order valence-corrected chi connectivity index (χ1v) is 8.01. The minimum absolute atomic E-state index is 0.0900. The van der Waals surface area contributed by atoms with Crippen LogP contribution in [0.1, 0.15) is 75.2 Å². The summed E-state index contributed by atoms with van der Waals surface area (Å²) in [7, 11) is 0. The zero-order chi connectivity index (χ0) is 17.2. The molecule has 23 heavy (non-hydrogen) atoms. The highest BCUT2D eigenvalue weighted by Crippen LogP contribution is 2.23. The summed E-state index contributed by atoms with van der Waals surface area (Å²) in [5, 5.41) is 7.54. The summed E-state index contributed by atoms with van der Waals surface area (Å²) in [4.78, 5) is 16.5. The molecule has 0 fully saturated rings. The fraction of sp³-hybridized carbons (Fsp3) is 0.500. The molecule has 0 saturated carbocycles. The maximum atomic E-state index is 12.5. The number of pyridine rings is 1. The molecule has 0 bridgehead atoms. The third-order valence-electron chi connectivity index (χ3n) is 3.75. The van der Waals surface area contributed by atoms with E-state index in [1.807, 2.05) is 29.8 Å². The van der Waals surface area contributed by atoms with Crippen molar-refractivity contribution < 1.29 is 4.79 Å². The molecular weight excluding hydrogens is 288 g/mol. The molecule has 0 saturated heterocycles. The van der Waals surface area contributed by atoms with E-state index in [0.717, 1.165) is 11.3 Å². The molecule has 2 heterocycles. The summed E-state index contributed by atoms with van der Waals surface area (Å²) in [6.07, 6.45) is 3.45. The minimum Gasteiger partial charge on any atom is -0.344 e. The number of aromatic nitrogens is 3. The third kappa shape index (κ3) is 3.97. The SMILES string of the molecule is CC(C)c1cc(C(=O)NC(C)c2ccncc2)nn1C(C)(C)C. The predicted molar refractivity (Wildman–Crippen MR) is 91.4 cm³/mol. The molecule has 1 atom stereocenters. The topological polar surface area (TPSA) is 59.8 Å². The van der Waals surface area contributed by atoms with Gasteiger partial charge in [0.05, 0.1) is 11.6 Å². The molecule has 1 amide bonds. The molecule has 1 unspecified atom stereocenters. The molecule has 0 aromatic carbocycles. The lowest BCUT2D eigenvalue weighted by atomic mass is 10.1. The molecular formula is C18H26N4O. The molecule has 0 aliphatic carbocycles. The normalized spacial score (nSPS) is 13.2. The monoisotopic (exact) mass is 314 g/mol. The quantitative estimate of drug-likeness (QED) is 0.937. The van der Waals surface area contributed by atoms with Crippen molar-refractivity contribution in [2.24, 2.45) is 0 Å². The van der Waals surface area contributed by atoms with Crippen LogP contribution in [0, 0.1) is 0 Å². The van der Waals surface area contributed by atoms with Gasteiger partial charge >= 0.3 is 0 Å². The van der Waals surface area contributed by atoms with E-state index < -0.39 is 0 Å². The Morgan fingerprint density at radius 2 is 1.78 bits per heavy atom. The van der Waals surface area contributed by atoms with Gasteiger partial charge in [-0.25, -0.2) is 0 Å². The average molecular weight is 314 g/mol. The molecule has 2 aromatic heterocycles. The summed E-state index contributed by atoms with van der Waals surface area (Å²) in [6.45, 7) is 12.5. The number of amides is 1. The average Bonchev–Trinajstić information content (AvgIpc) is 2.93. The van der Waals surface area contributed by atoms with Gasteiger partial charge in [0.2, 0.25) is 0 Å². The van der Waals surface area contributed by atoms with Crippen LogP contribution in [0.3, 0.4) is 0 Å². The molecule has 0 aliphatic rings. The van der Waals surface area contributed by atoms with Crippen LogP contribution in [0.5, 0.6) is 0 Å². The van der Waals surface area contributed by atoms with Crippen molar-refractivity contribution in [2.75, 3.05) is 0 Å². The number of hydrogen-bond acceptors (Lipinski definition) is 3. The van der Waals surface area contributed by atoms with Crippen LogP contribution >= 0.6 is 0 Å². The van der Waals surface area contributed by atoms with Crippen LogP contribution in [0.15, 0.2) is 30.6 Å². The van der Waals surface area contributed by atoms with E-state index in [9.17, 15) is 4.79 Å². The summed E-state index contributed by atoms with van der Waals surface area (Å²) >= 11 is 0. The third-order valence-corrected chi connectivity index (χ3v) is 3.75. The Balaban J connectivity index is 2.23. The summed E-state index contributed by atoms with van der Waals surface area (Å²) in [5.41, 5.74) is 2.39. The Morgan fingerprint density at radius 3 is 2.26 bits per heavy atom. The van der Waals surface area contributed by atoms with Gasteiger partial charge in [0.15, 0.2) is 0 Å². The number of carbonyl (C=O) groups is 1. The van der Waals surface area contributed by atoms with E-state index in [-0.39, 0.29) is 17.5 Å². The fourth-order valence-electron chi connectivity index (χ4n) is 2.46. The first-order chi connectivity index (χ1) is 10.7. The van der Waals surface area contributed by atoms with Crippen LogP contribution in [-0.4, -0.2) is 20.7 Å².